The summed E-state index contributed by atoms with van der Waals surface area (Å²) in [5.74, 6) is 1.10. The number of ether oxygens (including phenoxy) is 1. The van der Waals surface area contributed by atoms with E-state index in [1.165, 1.54) is 11.8 Å². The number of hydrazone groups is 1. The quantitative estimate of drug-likeness (QED) is 0.370. The normalized spacial score (nSPS) is 10.8. The highest BCUT2D eigenvalue weighted by atomic mass is 16.5. The SMILES string of the molecule is O=c1nc(N/N=C/c2ccc(OCCCc3ccccc3)cc2)cn[nH]1. The molecule has 7 heteroatoms. The van der Waals surface area contributed by atoms with Gasteiger partial charge in [0.05, 0.1) is 19.0 Å². The van der Waals surface area contributed by atoms with E-state index in [9.17, 15) is 4.79 Å². The highest BCUT2D eigenvalue weighted by molar-refractivity contribution is 5.80. The molecule has 0 bridgehead atoms. The molecule has 0 atom stereocenters. The first-order chi connectivity index (χ1) is 12.8. The van der Waals surface area contributed by atoms with Crippen molar-refractivity contribution >= 4 is 12.0 Å². The fraction of sp³-hybridized carbons (Fsp3) is 0.158. The maximum absolute atomic E-state index is 11.0. The molecular weight excluding hydrogens is 330 g/mol. The molecule has 3 rings (SSSR count). The minimum Gasteiger partial charge on any atom is -0.494 e. The summed E-state index contributed by atoms with van der Waals surface area (Å²) < 4.78 is 5.75. The van der Waals surface area contributed by atoms with Gasteiger partial charge in [-0.2, -0.15) is 15.2 Å². The number of hydrogen-bond donors (Lipinski definition) is 2. The Morgan fingerprint density at radius 3 is 2.69 bits per heavy atom. The molecule has 1 aromatic heterocycles. The van der Waals surface area contributed by atoms with E-state index in [2.05, 4.69) is 37.8 Å². The minimum atomic E-state index is -0.529. The zero-order valence-electron chi connectivity index (χ0n) is 14.1. The maximum atomic E-state index is 11.0. The fourth-order valence-corrected chi connectivity index (χ4v) is 2.30. The number of aromatic nitrogens is 3. The van der Waals surface area contributed by atoms with E-state index in [4.69, 9.17) is 4.74 Å². The van der Waals surface area contributed by atoms with Crippen LogP contribution >= 0.6 is 0 Å². The van der Waals surface area contributed by atoms with E-state index in [1.807, 2.05) is 42.5 Å². The van der Waals surface area contributed by atoms with Crippen LogP contribution in [0.25, 0.3) is 0 Å². The molecule has 0 aliphatic heterocycles. The molecule has 0 saturated carbocycles. The number of nitrogens with one attached hydrogen (secondary N) is 2. The second-order valence-corrected chi connectivity index (χ2v) is 5.55. The number of hydrogen-bond acceptors (Lipinski definition) is 6. The smallest absolute Gasteiger partial charge is 0.363 e. The first-order valence-corrected chi connectivity index (χ1v) is 8.27. The molecule has 7 nitrogen and oxygen atoms in total. The molecule has 0 amide bonds. The van der Waals surface area contributed by atoms with Crippen LogP contribution in [-0.4, -0.2) is 28.0 Å². The Morgan fingerprint density at radius 1 is 1.12 bits per heavy atom. The summed E-state index contributed by atoms with van der Waals surface area (Å²) >= 11 is 0. The number of rotatable bonds is 8. The molecule has 0 fully saturated rings. The van der Waals surface area contributed by atoms with E-state index in [-0.39, 0.29) is 5.82 Å². The molecule has 1 heterocycles. The van der Waals surface area contributed by atoms with Crippen molar-refractivity contribution in [2.24, 2.45) is 5.10 Å². The van der Waals surface area contributed by atoms with Crippen LogP contribution < -0.4 is 15.9 Å². The van der Waals surface area contributed by atoms with Gasteiger partial charge < -0.3 is 4.74 Å². The van der Waals surface area contributed by atoms with Gasteiger partial charge >= 0.3 is 5.69 Å². The molecule has 0 unspecified atom stereocenters. The third-order valence-corrected chi connectivity index (χ3v) is 3.56. The van der Waals surface area contributed by atoms with Crippen LogP contribution in [0.5, 0.6) is 5.75 Å². The lowest BCUT2D eigenvalue weighted by atomic mass is 10.1. The molecule has 0 spiro atoms. The number of aryl methyl sites for hydroxylation is 1. The maximum Gasteiger partial charge on any atom is 0.363 e. The zero-order valence-corrected chi connectivity index (χ0v) is 14.1. The summed E-state index contributed by atoms with van der Waals surface area (Å²) in [5.41, 5.74) is 4.34. The second kappa shape index (κ2) is 9.12. The van der Waals surface area contributed by atoms with Crippen LogP contribution in [0.2, 0.25) is 0 Å². The Hall–Kier alpha value is -3.48. The fourth-order valence-electron chi connectivity index (χ4n) is 2.30. The van der Waals surface area contributed by atoms with E-state index in [0.717, 1.165) is 24.2 Å². The van der Waals surface area contributed by atoms with Crippen LogP contribution in [0.4, 0.5) is 5.82 Å². The number of benzene rings is 2. The van der Waals surface area contributed by atoms with E-state index >= 15 is 0 Å². The summed E-state index contributed by atoms with van der Waals surface area (Å²) in [6.45, 7) is 0.672. The topological polar surface area (TPSA) is 92.3 Å². The van der Waals surface area contributed by atoms with Crippen molar-refractivity contribution in [2.75, 3.05) is 12.0 Å². The summed E-state index contributed by atoms with van der Waals surface area (Å²) in [6, 6.07) is 18.0. The molecule has 26 heavy (non-hydrogen) atoms. The molecule has 132 valence electrons. The van der Waals surface area contributed by atoms with Gasteiger partial charge in [0.2, 0.25) is 0 Å². The minimum absolute atomic E-state index is 0.281. The van der Waals surface area contributed by atoms with Crippen molar-refractivity contribution in [1.82, 2.24) is 15.2 Å². The zero-order chi connectivity index (χ0) is 18.0. The van der Waals surface area contributed by atoms with E-state index in [1.54, 1.807) is 6.21 Å². The number of anilines is 1. The Labute approximate surface area is 150 Å². The molecule has 2 aromatic carbocycles. The Kier molecular flexibility index (Phi) is 6.09. The van der Waals surface area contributed by atoms with Gasteiger partial charge in [0, 0.05) is 0 Å². The number of nitrogens with zero attached hydrogens (tertiary/aromatic N) is 3. The molecule has 2 N–H and O–H groups in total. The first-order valence-electron chi connectivity index (χ1n) is 8.27. The summed E-state index contributed by atoms with van der Waals surface area (Å²) in [4.78, 5) is 14.7. The van der Waals surface area contributed by atoms with Gasteiger partial charge in [-0.15, -0.1) is 0 Å². The lowest BCUT2D eigenvalue weighted by molar-refractivity contribution is 0.311. The third-order valence-electron chi connectivity index (χ3n) is 3.56. The molecule has 0 aliphatic carbocycles. The van der Waals surface area contributed by atoms with Crippen LogP contribution in [0.3, 0.4) is 0 Å². The summed E-state index contributed by atoms with van der Waals surface area (Å²) in [6.07, 6.45) is 4.98. The third kappa shape index (κ3) is 5.55. The summed E-state index contributed by atoms with van der Waals surface area (Å²) in [5, 5.41) is 9.84. The van der Waals surface area contributed by atoms with Gasteiger partial charge in [-0.3, -0.25) is 5.43 Å². The Morgan fingerprint density at radius 2 is 1.92 bits per heavy atom. The molecule has 0 aliphatic rings. The predicted octanol–water partition coefficient (Wildman–Crippen LogP) is 2.62. The van der Waals surface area contributed by atoms with Crippen molar-refractivity contribution in [3.63, 3.8) is 0 Å². The largest absolute Gasteiger partial charge is 0.494 e. The van der Waals surface area contributed by atoms with E-state index in [0.29, 0.717) is 6.61 Å². The van der Waals surface area contributed by atoms with Crippen molar-refractivity contribution in [1.29, 1.82) is 0 Å². The van der Waals surface area contributed by atoms with E-state index < -0.39 is 5.69 Å². The van der Waals surface area contributed by atoms with Crippen molar-refractivity contribution in [2.45, 2.75) is 12.8 Å². The first kappa shape index (κ1) is 17.3. The van der Waals surface area contributed by atoms with Crippen LogP contribution in [0.1, 0.15) is 17.5 Å². The Balaban J connectivity index is 1.43. The monoisotopic (exact) mass is 349 g/mol. The number of H-pyrrole nitrogens is 1. The lowest BCUT2D eigenvalue weighted by Gasteiger charge is -2.06. The highest BCUT2D eigenvalue weighted by Gasteiger charge is 1.97. The van der Waals surface area contributed by atoms with Crippen molar-refractivity contribution < 1.29 is 4.74 Å². The van der Waals surface area contributed by atoms with Gasteiger partial charge in [0.25, 0.3) is 0 Å². The van der Waals surface area contributed by atoms with Crippen molar-refractivity contribution in [3.8, 4) is 5.75 Å². The molecule has 0 saturated heterocycles. The van der Waals surface area contributed by atoms with Crippen LogP contribution in [0.15, 0.2) is 70.7 Å². The number of aromatic amines is 1. The van der Waals surface area contributed by atoms with Crippen LogP contribution in [0, 0.1) is 0 Å². The molecule has 0 radical (unpaired) electrons. The average Bonchev–Trinajstić information content (AvgIpc) is 2.67. The highest BCUT2D eigenvalue weighted by Crippen LogP contribution is 2.12. The lowest BCUT2D eigenvalue weighted by Crippen LogP contribution is -2.13. The predicted molar refractivity (Wildman–Crippen MR) is 101 cm³/mol. The van der Waals surface area contributed by atoms with Crippen molar-refractivity contribution in [3.05, 3.63) is 82.4 Å². The van der Waals surface area contributed by atoms with Gasteiger partial charge in [-0.25, -0.2) is 9.89 Å². The Bertz CT molecular complexity index is 892. The average molecular weight is 349 g/mol. The van der Waals surface area contributed by atoms with Crippen LogP contribution in [-0.2, 0) is 6.42 Å². The summed E-state index contributed by atoms with van der Waals surface area (Å²) in [7, 11) is 0. The van der Waals surface area contributed by atoms with Gasteiger partial charge in [0.1, 0.15) is 5.75 Å². The second-order valence-electron chi connectivity index (χ2n) is 5.55. The van der Waals surface area contributed by atoms with Gasteiger partial charge in [0.15, 0.2) is 5.82 Å². The molecular formula is C19H19N5O2. The van der Waals surface area contributed by atoms with Gasteiger partial charge in [-0.05, 0) is 48.2 Å². The standard InChI is InChI=1S/C19H19N5O2/c25-19-22-18(14-21-24-19)23-20-13-16-8-10-17(11-9-16)26-12-4-7-15-5-2-1-3-6-15/h1-3,5-6,8-11,13-14H,4,7,12H2,(H2,22,23,24,25)/b20-13+. The molecule has 3 aromatic rings. The van der Waals surface area contributed by atoms with Gasteiger partial charge in [-0.1, -0.05) is 30.3 Å².